The van der Waals surface area contributed by atoms with E-state index in [-0.39, 0.29) is 23.6 Å². The molecule has 0 amide bonds. The maximum Gasteiger partial charge on any atom is 0.338 e. The molecule has 0 radical (unpaired) electrons. The maximum atomic E-state index is 13.3. The number of nitrogens with zero attached hydrogens (tertiary/aromatic N) is 1. The summed E-state index contributed by atoms with van der Waals surface area (Å²) in [6, 6.07) is 13.7. The van der Waals surface area contributed by atoms with E-state index in [4.69, 9.17) is 9.47 Å². The van der Waals surface area contributed by atoms with Gasteiger partial charge in [-0.2, -0.15) is 0 Å². The highest BCUT2D eigenvalue weighted by atomic mass is 32.2. The Bertz CT molecular complexity index is 1240. The Labute approximate surface area is 191 Å². The van der Waals surface area contributed by atoms with Gasteiger partial charge in [-0.25, -0.2) is 22.0 Å². The molecule has 33 heavy (non-hydrogen) atoms. The summed E-state index contributed by atoms with van der Waals surface area (Å²) in [6.45, 7) is 3.48. The Kier molecular flexibility index (Phi) is 7.33. The predicted molar refractivity (Wildman–Crippen MR) is 120 cm³/mol. The zero-order valence-electron chi connectivity index (χ0n) is 18.3. The Morgan fingerprint density at radius 1 is 0.970 bits per heavy atom. The molecule has 0 atom stereocenters. The summed E-state index contributed by atoms with van der Waals surface area (Å²) < 4.78 is 64.7. The van der Waals surface area contributed by atoms with Crippen LogP contribution >= 0.6 is 0 Å². The summed E-state index contributed by atoms with van der Waals surface area (Å²) in [5.74, 6) is -1.61. The number of hydrogen-bond donors (Lipinski definition) is 0. The molecule has 3 rings (SSSR count). The van der Waals surface area contributed by atoms with Gasteiger partial charge in [-0.05, 0) is 73.5 Å². The molecule has 0 saturated heterocycles. The molecule has 0 aliphatic heterocycles. The molecule has 0 fully saturated rings. The number of benzene rings is 3. The number of methoxy groups -OCH3 is 1. The van der Waals surface area contributed by atoms with Crippen LogP contribution in [-0.4, -0.2) is 28.0 Å². The number of halogens is 2. The number of anilines is 1. The smallest absolute Gasteiger partial charge is 0.338 e. The van der Waals surface area contributed by atoms with Crippen molar-refractivity contribution in [3.8, 4) is 5.75 Å². The van der Waals surface area contributed by atoms with Crippen molar-refractivity contribution in [2.45, 2.75) is 25.3 Å². The molecule has 6 nitrogen and oxygen atoms in total. The molecule has 0 aliphatic rings. The zero-order valence-corrected chi connectivity index (χ0v) is 19.2. The van der Waals surface area contributed by atoms with Crippen molar-refractivity contribution >= 4 is 21.7 Å². The number of sulfonamides is 1. The Morgan fingerprint density at radius 3 is 2.18 bits per heavy atom. The van der Waals surface area contributed by atoms with E-state index in [0.717, 1.165) is 6.07 Å². The third kappa shape index (κ3) is 5.48. The highest BCUT2D eigenvalue weighted by Crippen LogP contribution is 2.27. The van der Waals surface area contributed by atoms with Crippen LogP contribution in [0.15, 0.2) is 65.6 Å². The van der Waals surface area contributed by atoms with E-state index in [1.54, 1.807) is 44.2 Å². The number of esters is 1. The molecule has 3 aromatic rings. The molecule has 9 heteroatoms. The topological polar surface area (TPSA) is 72.9 Å². The number of rotatable bonds is 8. The zero-order chi connectivity index (χ0) is 24.2. The van der Waals surface area contributed by atoms with Crippen molar-refractivity contribution in [2.24, 2.45) is 0 Å². The quantitative estimate of drug-likeness (QED) is 0.436. The van der Waals surface area contributed by atoms with Crippen LogP contribution in [0, 0.1) is 18.6 Å². The number of aryl methyl sites for hydroxylation is 1. The SMILES string of the molecule is CCN(c1ccc(OCc2cc(F)cc(F)c2)cc1)S(=O)(=O)c1ccc(C)c(C(=O)OC)c1. The standard InChI is InChI=1S/C24H23F2NO5S/c1-4-27(33(29,30)22-10-5-16(2)23(14-22)24(28)31-3)20-6-8-21(9-7-20)32-15-17-11-18(25)13-19(26)12-17/h5-14H,4,15H2,1-3H3. The van der Waals surface area contributed by atoms with E-state index >= 15 is 0 Å². The van der Waals surface area contributed by atoms with Gasteiger partial charge in [0, 0.05) is 12.6 Å². The average molecular weight is 476 g/mol. The van der Waals surface area contributed by atoms with Crippen molar-refractivity contribution in [1.82, 2.24) is 0 Å². The summed E-state index contributed by atoms with van der Waals surface area (Å²) in [6.07, 6.45) is 0. The fourth-order valence-electron chi connectivity index (χ4n) is 3.28. The van der Waals surface area contributed by atoms with Gasteiger partial charge in [-0.3, -0.25) is 4.31 Å². The Morgan fingerprint density at radius 2 is 1.61 bits per heavy atom. The highest BCUT2D eigenvalue weighted by Gasteiger charge is 2.25. The van der Waals surface area contributed by atoms with Crippen LogP contribution in [0.3, 0.4) is 0 Å². The fraction of sp³-hybridized carbons (Fsp3) is 0.208. The van der Waals surface area contributed by atoms with Gasteiger partial charge in [-0.15, -0.1) is 0 Å². The minimum absolute atomic E-state index is 0.0381. The number of ether oxygens (including phenoxy) is 2. The monoisotopic (exact) mass is 475 g/mol. The van der Waals surface area contributed by atoms with E-state index in [1.807, 2.05) is 0 Å². The second-order valence-electron chi connectivity index (χ2n) is 7.20. The molecule has 0 aliphatic carbocycles. The lowest BCUT2D eigenvalue weighted by Crippen LogP contribution is -2.31. The summed E-state index contributed by atoms with van der Waals surface area (Å²) >= 11 is 0. The van der Waals surface area contributed by atoms with Gasteiger partial charge in [0.05, 0.1) is 23.3 Å². The van der Waals surface area contributed by atoms with E-state index in [0.29, 0.717) is 22.6 Å². The van der Waals surface area contributed by atoms with Crippen molar-refractivity contribution in [3.05, 3.63) is 89.0 Å². The van der Waals surface area contributed by atoms with Gasteiger partial charge in [0.25, 0.3) is 10.0 Å². The summed E-state index contributed by atoms with van der Waals surface area (Å²) in [7, 11) is -2.73. The van der Waals surface area contributed by atoms with Crippen LogP contribution in [0.4, 0.5) is 14.5 Å². The largest absolute Gasteiger partial charge is 0.489 e. The van der Waals surface area contributed by atoms with E-state index in [1.165, 1.54) is 35.7 Å². The number of carbonyl (C=O) groups excluding carboxylic acids is 1. The van der Waals surface area contributed by atoms with Crippen LogP contribution in [0.2, 0.25) is 0 Å². The van der Waals surface area contributed by atoms with E-state index in [9.17, 15) is 22.0 Å². The number of hydrogen-bond acceptors (Lipinski definition) is 5. The predicted octanol–water partition coefficient (Wildman–Crippen LogP) is 4.85. The second-order valence-corrected chi connectivity index (χ2v) is 9.06. The molecule has 0 heterocycles. The molecular formula is C24H23F2NO5S. The van der Waals surface area contributed by atoms with Gasteiger partial charge >= 0.3 is 5.97 Å². The Balaban J connectivity index is 1.82. The lowest BCUT2D eigenvalue weighted by atomic mass is 10.1. The van der Waals surface area contributed by atoms with E-state index in [2.05, 4.69) is 0 Å². The number of carbonyl (C=O) groups is 1. The van der Waals surface area contributed by atoms with Crippen molar-refractivity contribution in [2.75, 3.05) is 18.0 Å². The van der Waals surface area contributed by atoms with Crippen LogP contribution < -0.4 is 9.04 Å². The first kappa shape index (κ1) is 24.2. The van der Waals surface area contributed by atoms with Crippen molar-refractivity contribution in [1.29, 1.82) is 0 Å². The van der Waals surface area contributed by atoms with Gasteiger partial charge in [0.1, 0.15) is 24.0 Å². The fourth-order valence-corrected chi connectivity index (χ4v) is 4.78. The molecular weight excluding hydrogens is 452 g/mol. The molecule has 0 spiro atoms. The lowest BCUT2D eigenvalue weighted by Gasteiger charge is -2.23. The molecule has 0 unspecified atom stereocenters. The Hall–Kier alpha value is -3.46. The first-order valence-electron chi connectivity index (χ1n) is 10.0. The van der Waals surface area contributed by atoms with Crippen LogP contribution in [0.5, 0.6) is 5.75 Å². The maximum absolute atomic E-state index is 13.3. The van der Waals surface area contributed by atoms with E-state index < -0.39 is 27.6 Å². The van der Waals surface area contributed by atoms with Crippen molar-refractivity contribution in [3.63, 3.8) is 0 Å². The van der Waals surface area contributed by atoms with Gasteiger partial charge in [-0.1, -0.05) is 6.07 Å². The summed E-state index contributed by atoms with van der Waals surface area (Å²) in [5, 5.41) is 0. The normalized spacial score (nSPS) is 11.2. The molecule has 0 aromatic heterocycles. The molecule has 3 aromatic carbocycles. The summed E-state index contributed by atoms with van der Waals surface area (Å²) in [4.78, 5) is 11.9. The second kappa shape index (κ2) is 9.99. The third-order valence-electron chi connectivity index (χ3n) is 4.94. The van der Waals surface area contributed by atoms with Crippen LogP contribution in [-0.2, 0) is 21.4 Å². The van der Waals surface area contributed by atoms with Gasteiger partial charge in [0.2, 0.25) is 0 Å². The molecule has 174 valence electrons. The van der Waals surface area contributed by atoms with Crippen LogP contribution in [0.1, 0.15) is 28.4 Å². The minimum atomic E-state index is -3.96. The van der Waals surface area contributed by atoms with Crippen molar-refractivity contribution < 1.29 is 31.5 Å². The first-order chi connectivity index (χ1) is 15.6. The molecule has 0 saturated carbocycles. The van der Waals surface area contributed by atoms with Crippen LogP contribution in [0.25, 0.3) is 0 Å². The molecule has 0 bridgehead atoms. The summed E-state index contributed by atoms with van der Waals surface area (Å²) in [5.41, 5.74) is 1.49. The molecule has 0 N–H and O–H groups in total. The average Bonchev–Trinajstić information content (AvgIpc) is 2.78. The van der Waals surface area contributed by atoms with Gasteiger partial charge in [0.15, 0.2) is 0 Å². The first-order valence-corrected chi connectivity index (χ1v) is 11.5. The third-order valence-corrected chi connectivity index (χ3v) is 6.84. The van der Waals surface area contributed by atoms with Gasteiger partial charge < -0.3 is 9.47 Å². The highest BCUT2D eigenvalue weighted by molar-refractivity contribution is 7.92. The minimum Gasteiger partial charge on any atom is -0.489 e. The lowest BCUT2D eigenvalue weighted by molar-refractivity contribution is 0.0599.